The van der Waals surface area contributed by atoms with Crippen LogP contribution in [0.2, 0.25) is 5.02 Å². The fourth-order valence-corrected chi connectivity index (χ4v) is 2.88. The third-order valence-corrected chi connectivity index (χ3v) is 4.04. The van der Waals surface area contributed by atoms with E-state index in [1.165, 1.54) is 11.7 Å². The molecule has 3 aromatic rings. The summed E-state index contributed by atoms with van der Waals surface area (Å²) in [5, 5.41) is 3.95. The van der Waals surface area contributed by atoms with Crippen molar-refractivity contribution in [2.75, 3.05) is 5.32 Å². The monoisotopic (exact) mass is 357 g/mol. The van der Waals surface area contributed by atoms with Crippen molar-refractivity contribution < 1.29 is 4.42 Å². The van der Waals surface area contributed by atoms with Crippen molar-refractivity contribution in [3.8, 4) is 0 Å². The second-order valence-corrected chi connectivity index (χ2v) is 5.78. The van der Waals surface area contributed by atoms with Gasteiger partial charge in [-0.3, -0.25) is 0 Å². The lowest BCUT2D eigenvalue weighted by Gasteiger charge is -2.14. The van der Waals surface area contributed by atoms with Crippen molar-refractivity contribution in [3.63, 3.8) is 0 Å². The van der Waals surface area contributed by atoms with E-state index in [1.807, 2.05) is 31.2 Å². The topological polar surface area (TPSA) is 51.0 Å². The summed E-state index contributed by atoms with van der Waals surface area (Å²) in [6.07, 6.45) is 0. The fraction of sp³-hybridized carbons (Fsp3) is 0.167. The smallest absolute Gasteiger partial charge is 0.169 e. The summed E-state index contributed by atoms with van der Waals surface area (Å²) in [6.45, 7) is 2.00. The summed E-state index contributed by atoms with van der Waals surface area (Å²) < 4.78 is 14.7. The van der Waals surface area contributed by atoms with Gasteiger partial charge >= 0.3 is 0 Å². The van der Waals surface area contributed by atoms with Crippen molar-refractivity contribution in [1.29, 1.82) is 0 Å². The van der Waals surface area contributed by atoms with Gasteiger partial charge in [-0.2, -0.15) is 8.75 Å². The Labute approximate surface area is 127 Å². The van der Waals surface area contributed by atoms with Gasteiger partial charge in [0.05, 0.1) is 28.5 Å². The molecule has 0 fully saturated rings. The van der Waals surface area contributed by atoms with Crippen LogP contribution < -0.4 is 5.32 Å². The van der Waals surface area contributed by atoms with Gasteiger partial charge in [0.25, 0.3) is 0 Å². The second kappa shape index (κ2) is 5.11. The molecule has 1 N–H and O–H groups in total. The highest BCUT2D eigenvalue weighted by Crippen LogP contribution is 2.33. The molecule has 1 atom stereocenters. The van der Waals surface area contributed by atoms with E-state index in [0.717, 1.165) is 22.5 Å². The van der Waals surface area contributed by atoms with Crippen LogP contribution >= 0.6 is 39.3 Å². The first-order valence-electron chi connectivity index (χ1n) is 5.57. The Hall–Kier alpha value is -1.11. The fourth-order valence-electron chi connectivity index (χ4n) is 1.81. The third-order valence-electron chi connectivity index (χ3n) is 2.76. The Morgan fingerprint density at radius 3 is 2.89 bits per heavy atom. The highest BCUT2D eigenvalue weighted by atomic mass is 79.9. The molecule has 19 heavy (non-hydrogen) atoms. The molecule has 0 aliphatic rings. The first-order chi connectivity index (χ1) is 9.15. The Balaban J connectivity index is 1.96. The maximum Gasteiger partial charge on any atom is 0.169 e. The van der Waals surface area contributed by atoms with Crippen LogP contribution in [0.1, 0.15) is 18.7 Å². The van der Waals surface area contributed by atoms with Crippen LogP contribution in [0.4, 0.5) is 5.69 Å². The van der Waals surface area contributed by atoms with Crippen LogP contribution in [0.15, 0.2) is 33.4 Å². The van der Waals surface area contributed by atoms with E-state index in [1.54, 1.807) is 0 Å². The number of fused-ring (bicyclic) bond motifs is 1. The average Bonchev–Trinajstić information content (AvgIpc) is 3.01. The molecule has 0 spiro atoms. The van der Waals surface area contributed by atoms with Gasteiger partial charge in [0.1, 0.15) is 16.8 Å². The lowest BCUT2D eigenvalue weighted by atomic mass is 10.2. The molecule has 0 saturated heterocycles. The average molecular weight is 359 g/mol. The maximum atomic E-state index is 6.23. The van der Waals surface area contributed by atoms with Crippen molar-refractivity contribution in [2.24, 2.45) is 0 Å². The molecule has 0 saturated carbocycles. The molecule has 4 nitrogen and oxygen atoms in total. The zero-order valence-electron chi connectivity index (χ0n) is 9.85. The quantitative estimate of drug-likeness (QED) is 0.725. The molecule has 2 heterocycles. The van der Waals surface area contributed by atoms with Crippen LogP contribution in [0.3, 0.4) is 0 Å². The van der Waals surface area contributed by atoms with Crippen molar-refractivity contribution in [1.82, 2.24) is 8.75 Å². The predicted octanol–water partition coefficient (Wildman–Crippen LogP) is 4.87. The van der Waals surface area contributed by atoms with E-state index in [2.05, 4.69) is 30.0 Å². The highest BCUT2D eigenvalue weighted by Gasteiger charge is 2.15. The number of anilines is 1. The van der Waals surface area contributed by atoms with Crippen LogP contribution in [-0.4, -0.2) is 8.75 Å². The zero-order chi connectivity index (χ0) is 13.4. The lowest BCUT2D eigenvalue weighted by molar-refractivity contribution is 0.471. The van der Waals surface area contributed by atoms with E-state index >= 15 is 0 Å². The number of furan rings is 1. The Kier molecular flexibility index (Phi) is 3.47. The van der Waals surface area contributed by atoms with Crippen LogP contribution in [-0.2, 0) is 0 Å². The Morgan fingerprint density at radius 1 is 1.32 bits per heavy atom. The van der Waals surface area contributed by atoms with Gasteiger partial charge < -0.3 is 9.73 Å². The largest absolute Gasteiger partial charge is 0.452 e. The minimum atomic E-state index is -0.0175. The van der Waals surface area contributed by atoms with E-state index in [0.29, 0.717) is 9.69 Å². The maximum absolute atomic E-state index is 6.23. The van der Waals surface area contributed by atoms with Crippen molar-refractivity contribution >= 4 is 56.0 Å². The molecule has 7 heteroatoms. The molecule has 0 radical (unpaired) electrons. The molecular weight excluding hydrogens is 350 g/mol. The predicted molar refractivity (Wildman–Crippen MR) is 80.9 cm³/mol. The number of nitrogens with zero attached hydrogens (tertiary/aromatic N) is 2. The van der Waals surface area contributed by atoms with Crippen LogP contribution in [0.5, 0.6) is 0 Å². The zero-order valence-corrected chi connectivity index (χ0v) is 13.0. The molecule has 2 aromatic heterocycles. The normalized spacial score (nSPS) is 12.8. The standard InChI is InChI=1S/C12H9BrClN3OS/c1-6(9-4-5-10(13)18-9)15-11-7(14)2-3-8-12(11)17-19-16-8/h2-6,15H,1H3. The Bertz CT molecular complexity index is 727. The van der Waals surface area contributed by atoms with E-state index in [-0.39, 0.29) is 6.04 Å². The van der Waals surface area contributed by atoms with E-state index in [9.17, 15) is 0 Å². The summed E-state index contributed by atoms with van der Waals surface area (Å²) in [5.74, 6) is 0.822. The minimum absolute atomic E-state index is 0.0175. The summed E-state index contributed by atoms with van der Waals surface area (Å²) >= 11 is 10.7. The molecular formula is C12H9BrClN3OS. The van der Waals surface area contributed by atoms with Crippen LogP contribution in [0.25, 0.3) is 11.0 Å². The van der Waals surface area contributed by atoms with Crippen LogP contribution in [0, 0.1) is 0 Å². The molecule has 0 aliphatic heterocycles. The number of hydrogen-bond donors (Lipinski definition) is 1. The van der Waals surface area contributed by atoms with E-state index < -0.39 is 0 Å². The number of halogens is 2. The third kappa shape index (κ3) is 2.48. The number of nitrogens with one attached hydrogen (secondary N) is 1. The summed E-state index contributed by atoms with van der Waals surface area (Å²) in [6, 6.07) is 7.43. The first kappa shape index (κ1) is 12.9. The highest BCUT2D eigenvalue weighted by molar-refractivity contribution is 9.10. The second-order valence-electron chi connectivity index (χ2n) is 4.06. The first-order valence-corrected chi connectivity index (χ1v) is 7.48. The SMILES string of the molecule is CC(Nc1c(Cl)ccc2nsnc12)c1ccc(Br)o1. The number of aromatic nitrogens is 2. The van der Waals surface area contributed by atoms with Gasteiger partial charge in [-0.15, -0.1) is 0 Å². The molecule has 3 rings (SSSR count). The number of hydrogen-bond acceptors (Lipinski definition) is 5. The van der Waals surface area contributed by atoms with Crippen molar-refractivity contribution in [2.45, 2.75) is 13.0 Å². The molecule has 98 valence electrons. The minimum Gasteiger partial charge on any atom is -0.452 e. The number of rotatable bonds is 3. The van der Waals surface area contributed by atoms with Gasteiger partial charge in [0, 0.05) is 0 Å². The molecule has 1 aromatic carbocycles. The lowest BCUT2D eigenvalue weighted by Crippen LogP contribution is -2.06. The Morgan fingerprint density at radius 2 is 2.16 bits per heavy atom. The molecule has 0 amide bonds. The summed E-state index contributed by atoms with van der Waals surface area (Å²) in [7, 11) is 0. The van der Waals surface area contributed by atoms with Gasteiger partial charge in [-0.05, 0) is 47.1 Å². The van der Waals surface area contributed by atoms with Crippen molar-refractivity contribution in [3.05, 3.63) is 39.7 Å². The number of benzene rings is 1. The summed E-state index contributed by atoms with van der Waals surface area (Å²) in [4.78, 5) is 0. The van der Waals surface area contributed by atoms with Gasteiger partial charge in [-0.25, -0.2) is 0 Å². The molecule has 0 aliphatic carbocycles. The summed E-state index contributed by atoms with van der Waals surface area (Å²) in [5.41, 5.74) is 2.41. The van der Waals surface area contributed by atoms with Gasteiger partial charge in [0.15, 0.2) is 4.67 Å². The molecule has 0 bridgehead atoms. The van der Waals surface area contributed by atoms with E-state index in [4.69, 9.17) is 16.0 Å². The van der Waals surface area contributed by atoms with Gasteiger partial charge in [0.2, 0.25) is 0 Å². The van der Waals surface area contributed by atoms with Gasteiger partial charge in [-0.1, -0.05) is 11.6 Å². The molecule has 1 unspecified atom stereocenters.